The first kappa shape index (κ1) is 21.8. The molecule has 3 rings (SSSR count). The molecule has 9 nitrogen and oxygen atoms in total. The summed E-state index contributed by atoms with van der Waals surface area (Å²) >= 11 is 0. The molecule has 3 aromatic rings. The number of nitrogens with one attached hydrogen (secondary N) is 3. The summed E-state index contributed by atoms with van der Waals surface area (Å²) in [6.45, 7) is 4.44. The topological polar surface area (TPSA) is 122 Å². The molecule has 0 radical (unpaired) electrons. The lowest BCUT2D eigenvalue weighted by Crippen LogP contribution is -2.38. The number of halogens is 1. The average Bonchev–Trinajstić information content (AvgIpc) is 2.66. The zero-order chi connectivity index (χ0) is 22.8. The number of para-hydroxylation sites is 1. The number of carbonyl (C=O) groups is 2. The fourth-order valence-electron chi connectivity index (χ4n) is 2.80. The predicted molar refractivity (Wildman–Crippen MR) is 114 cm³/mol. The fourth-order valence-corrected chi connectivity index (χ4v) is 2.80. The third-order valence-electron chi connectivity index (χ3n) is 4.08. The number of amides is 2. The zero-order valence-electron chi connectivity index (χ0n) is 17.1. The van der Waals surface area contributed by atoms with Crippen molar-refractivity contribution in [2.24, 2.45) is 0 Å². The largest absolute Gasteiger partial charge is 0.444 e. The van der Waals surface area contributed by atoms with Gasteiger partial charge in [0, 0.05) is 5.69 Å². The number of nitrogens with zero attached hydrogens (tertiary/aromatic N) is 1. The molecule has 0 unspecified atom stereocenters. The minimum atomic E-state index is -0.857. The van der Waals surface area contributed by atoms with Crippen LogP contribution in [0.4, 0.5) is 20.6 Å². The van der Waals surface area contributed by atoms with E-state index in [1.807, 2.05) is 0 Å². The summed E-state index contributed by atoms with van der Waals surface area (Å²) in [4.78, 5) is 51.5. The molecule has 0 aliphatic heterocycles. The number of ether oxygens (including phenoxy) is 1. The predicted octanol–water partition coefficient (Wildman–Crippen LogP) is 2.81. The van der Waals surface area contributed by atoms with Gasteiger partial charge in [-0.25, -0.2) is 14.0 Å². The Hall–Kier alpha value is -3.95. The second kappa shape index (κ2) is 8.42. The summed E-state index contributed by atoms with van der Waals surface area (Å²) < 4.78 is 19.9. The molecule has 31 heavy (non-hydrogen) atoms. The number of aromatic nitrogens is 2. The number of hydrogen-bond donors (Lipinski definition) is 3. The van der Waals surface area contributed by atoms with Crippen LogP contribution in [0.15, 0.2) is 52.1 Å². The first-order valence-corrected chi connectivity index (χ1v) is 9.35. The van der Waals surface area contributed by atoms with Crippen LogP contribution in [0, 0.1) is 5.82 Å². The maximum absolute atomic E-state index is 14.0. The SMILES string of the molecule is CC(C)(C)OC(=O)Nc1cc(NC(=O)Cn2c(=O)[nH]c3ccccc3c2=O)ccc1F. The van der Waals surface area contributed by atoms with Gasteiger partial charge < -0.3 is 15.0 Å². The van der Waals surface area contributed by atoms with Crippen LogP contribution < -0.4 is 21.9 Å². The smallest absolute Gasteiger partial charge is 0.412 e. The molecule has 0 bridgehead atoms. The second-order valence-electron chi connectivity index (χ2n) is 7.74. The van der Waals surface area contributed by atoms with E-state index in [2.05, 4.69) is 15.6 Å². The van der Waals surface area contributed by atoms with Gasteiger partial charge >= 0.3 is 11.8 Å². The van der Waals surface area contributed by atoms with E-state index in [4.69, 9.17) is 4.74 Å². The number of rotatable bonds is 4. The Labute approximate surface area is 175 Å². The van der Waals surface area contributed by atoms with Crippen molar-refractivity contribution in [3.63, 3.8) is 0 Å². The maximum Gasteiger partial charge on any atom is 0.412 e. The minimum Gasteiger partial charge on any atom is -0.444 e. The number of fused-ring (bicyclic) bond motifs is 1. The van der Waals surface area contributed by atoms with Crippen LogP contribution in [0.1, 0.15) is 20.8 Å². The molecule has 0 aliphatic carbocycles. The lowest BCUT2D eigenvalue weighted by Gasteiger charge is -2.20. The van der Waals surface area contributed by atoms with Gasteiger partial charge in [0.15, 0.2) is 0 Å². The monoisotopic (exact) mass is 428 g/mol. The van der Waals surface area contributed by atoms with Crippen molar-refractivity contribution in [2.45, 2.75) is 32.9 Å². The van der Waals surface area contributed by atoms with Crippen molar-refractivity contribution in [1.82, 2.24) is 9.55 Å². The summed E-state index contributed by atoms with van der Waals surface area (Å²) in [7, 11) is 0. The second-order valence-corrected chi connectivity index (χ2v) is 7.74. The standard InChI is InChI=1S/C21H21FN4O5/c1-21(2,3)31-20(30)25-16-10-12(8-9-14(16)22)23-17(27)11-26-18(28)13-6-4-5-7-15(13)24-19(26)29/h4-10H,11H2,1-3H3,(H,23,27)(H,24,29)(H,25,30). The summed E-state index contributed by atoms with van der Waals surface area (Å²) in [5.74, 6) is -1.41. The Morgan fingerprint density at radius 2 is 1.81 bits per heavy atom. The van der Waals surface area contributed by atoms with Crippen molar-refractivity contribution in [3.05, 3.63) is 69.1 Å². The average molecular weight is 428 g/mol. The molecule has 3 N–H and O–H groups in total. The first-order chi connectivity index (χ1) is 14.5. The molecule has 0 saturated carbocycles. The Kier molecular flexibility index (Phi) is 5.91. The quantitative estimate of drug-likeness (QED) is 0.590. The van der Waals surface area contributed by atoms with E-state index in [1.54, 1.807) is 39.0 Å². The lowest BCUT2D eigenvalue weighted by atomic mass is 10.2. The van der Waals surface area contributed by atoms with Gasteiger partial charge in [-0.05, 0) is 51.1 Å². The van der Waals surface area contributed by atoms with Gasteiger partial charge in [-0.2, -0.15) is 0 Å². The Morgan fingerprint density at radius 1 is 1.10 bits per heavy atom. The third-order valence-corrected chi connectivity index (χ3v) is 4.08. The lowest BCUT2D eigenvalue weighted by molar-refractivity contribution is -0.116. The third kappa shape index (κ3) is 5.35. The molecule has 2 amide bonds. The molecular weight excluding hydrogens is 407 g/mol. The van der Waals surface area contributed by atoms with Gasteiger partial charge in [0.05, 0.1) is 16.6 Å². The van der Waals surface area contributed by atoms with Crippen LogP contribution in [0.2, 0.25) is 0 Å². The van der Waals surface area contributed by atoms with Gasteiger partial charge in [0.2, 0.25) is 5.91 Å². The van der Waals surface area contributed by atoms with Crippen molar-refractivity contribution in [3.8, 4) is 0 Å². The van der Waals surface area contributed by atoms with E-state index >= 15 is 0 Å². The van der Waals surface area contributed by atoms with Crippen molar-refractivity contribution < 1.29 is 18.7 Å². The molecule has 1 aromatic heterocycles. The van der Waals surface area contributed by atoms with Crippen molar-refractivity contribution in [1.29, 1.82) is 0 Å². The fraction of sp³-hybridized carbons (Fsp3) is 0.238. The van der Waals surface area contributed by atoms with Crippen LogP contribution >= 0.6 is 0 Å². The normalized spacial score (nSPS) is 11.2. The van der Waals surface area contributed by atoms with E-state index in [1.165, 1.54) is 18.2 Å². The number of carbonyl (C=O) groups excluding carboxylic acids is 2. The highest BCUT2D eigenvalue weighted by Crippen LogP contribution is 2.21. The summed E-state index contributed by atoms with van der Waals surface area (Å²) in [6.07, 6.45) is -0.857. The molecule has 0 spiro atoms. The first-order valence-electron chi connectivity index (χ1n) is 9.35. The molecule has 162 valence electrons. The summed E-state index contributed by atoms with van der Waals surface area (Å²) in [6, 6.07) is 9.97. The van der Waals surface area contributed by atoms with Gasteiger partial charge in [-0.3, -0.25) is 19.5 Å². The molecule has 0 atom stereocenters. The van der Waals surface area contributed by atoms with E-state index in [0.29, 0.717) is 5.52 Å². The number of anilines is 2. The van der Waals surface area contributed by atoms with Gasteiger partial charge in [0.1, 0.15) is 18.0 Å². The molecule has 2 aromatic carbocycles. The van der Waals surface area contributed by atoms with Gasteiger partial charge in [0.25, 0.3) is 5.56 Å². The molecule has 0 aliphatic rings. The van der Waals surface area contributed by atoms with Crippen LogP contribution in [-0.2, 0) is 16.1 Å². The Morgan fingerprint density at radius 3 is 2.52 bits per heavy atom. The van der Waals surface area contributed by atoms with E-state index in [0.717, 1.165) is 10.6 Å². The molecule has 0 fully saturated rings. The van der Waals surface area contributed by atoms with Gasteiger partial charge in [-0.15, -0.1) is 0 Å². The Balaban J connectivity index is 1.77. The molecular formula is C21H21FN4O5. The van der Waals surface area contributed by atoms with Crippen LogP contribution in [0.3, 0.4) is 0 Å². The number of hydrogen-bond acceptors (Lipinski definition) is 5. The van der Waals surface area contributed by atoms with Crippen molar-refractivity contribution >= 4 is 34.3 Å². The molecule has 1 heterocycles. The Bertz CT molecular complexity index is 1270. The number of aromatic amines is 1. The highest BCUT2D eigenvalue weighted by Gasteiger charge is 2.18. The molecule has 0 saturated heterocycles. The highest BCUT2D eigenvalue weighted by molar-refractivity contribution is 5.92. The molecule has 10 heteroatoms. The van der Waals surface area contributed by atoms with Gasteiger partial charge in [-0.1, -0.05) is 12.1 Å². The van der Waals surface area contributed by atoms with Crippen LogP contribution in [0.25, 0.3) is 10.9 Å². The van der Waals surface area contributed by atoms with Crippen LogP contribution in [0.5, 0.6) is 0 Å². The van der Waals surface area contributed by atoms with Crippen molar-refractivity contribution in [2.75, 3.05) is 10.6 Å². The maximum atomic E-state index is 14.0. The van der Waals surface area contributed by atoms with E-state index in [9.17, 15) is 23.6 Å². The van der Waals surface area contributed by atoms with E-state index < -0.39 is 41.2 Å². The number of H-pyrrole nitrogens is 1. The summed E-state index contributed by atoms with van der Waals surface area (Å²) in [5.41, 5.74) is -1.79. The zero-order valence-corrected chi connectivity index (χ0v) is 17.1. The number of benzene rings is 2. The van der Waals surface area contributed by atoms with Crippen LogP contribution in [-0.4, -0.2) is 27.2 Å². The highest BCUT2D eigenvalue weighted by atomic mass is 19.1. The van der Waals surface area contributed by atoms with E-state index in [-0.39, 0.29) is 16.8 Å². The summed E-state index contributed by atoms with van der Waals surface area (Å²) in [5, 5.41) is 5.01. The minimum absolute atomic E-state index is 0.155.